The summed E-state index contributed by atoms with van der Waals surface area (Å²) in [6.45, 7) is 0.964. The van der Waals surface area contributed by atoms with Gasteiger partial charge < -0.3 is 36.8 Å². The van der Waals surface area contributed by atoms with E-state index in [1.54, 1.807) is 36.4 Å². The Kier molecular flexibility index (Phi) is 13.8. The van der Waals surface area contributed by atoms with Crippen LogP contribution in [-0.2, 0) is 36.8 Å². The normalized spacial score (nSPS) is 13.6. The fraction of sp³-hybridized carbons (Fsp3) is 0.414. The Labute approximate surface area is 249 Å². The van der Waals surface area contributed by atoms with Crippen molar-refractivity contribution in [3.8, 4) is 5.75 Å². The summed E-state index contributed by atoms with van der Waals surface area (Å²) in [5.74, 6) is -2.96. The summed E-state index contributed by atoms with van der Waals surface area (Å²) in [6, 6.07) is 11.1. The number of aromatic hydroxyl groups is 1. The van der Waals surface area contributed by atoms with Crippen molar-refractivity contribution in [3.05, 3.63) is 65.7 Å². The molecule has 228 valence electrons. The van der Waals surface area contributed by atoms with Gasteiger partial charge in [0, 0.05) is 13.5 Å². The number of amides is 4. The van der Waals surface area contributed by atoms with Crippen LogP contribution >= 0.6 is 11.8 Å². The van der Waals surface area contributed by atoms with Gasteiger partial charge in [0.2, 0.25) is 23.6 Å². The SMILES string of the molecule is CSCC[C@@H](C(=O)O)N(C)C(=O)[C@H](Cc1ccccc1)NC(=O)CNC(=O)[C@@H](C)NC(=O)[C@@H](N)Cc1ccc(O)cc1. The van der Waals surface area contributed by atoms with Crippen LogP contribution in [0.1, 0.15) is 24.5 Å². The lowest BCUT2D eigenvalue weighted by Gasteiger charge is -2.29. The van der Waals surface area contributed by atoms with E-state index in [0.717, 1.165) is 16.0 Å². The quantitative estimate of drug-likeness (QED) is 0.157. The molecule has 0 aromatic heterocycles. The topological polar surface area (TPSA) is 191 Å². The van der Waals surface area contributed by atoms with Crippen molar-refractivity contribution in [2.24, 2.45) is 5.73 Å². The molecule has 0 radical (unpaired) electrons. The van der Waals surface area contributed by atoms with Crippen LogP contribution in [0.3, 0.4) is 0 Å². The molecule has 0 aliphatic heterocycles. The van der Waals surface area contributed by atoms with Crippen molar-refractivity contribution in [1.82, 2.24) is 20.9 Å². The minimum absolute atomic E-state index is 0.0875. The molecule has 2 rings (SSSR count). The molecule has 0 bridgehead atoms. The summed E-state index contributed by atoms with van der Waals surface area (Å²) in [7, 11) is 1.39. The predicted octanol–water partition coefficient (Wildman–Crippen LogP) is 0.275. The number of benzene rings is 2. The number of nitrogens with zero attached hydrogens (tertiary/aromatic N) is 1. The third-order valence-electron chi connectivity index (χ3n) is 6.52. The lowest BCUT2D eigenvalue weighted by Crippen LogP contribution is -2.55. The molecule has 0 saturated heterocycles. The van der Waals surface area contributed by atoms with Crippen molar-refractivity contribution in [2.45, 2.75) is 50.4 Å². The summed E-state index contributed by atoms with van der Waals surface area (Å²) in [6.07, 6.45) is 2.38. The number of hydrogen-bond acceptors (Lipinski definition) is 8. The number of phenols is 1. The molecule has 0 aliphatic rings. The number of aliphatic carboxylic acids is 1. The van der Waals surface area contributed by atoms with E-state index in [1.165, 1.54) is 37.9 Å². The van der Waals surface area contributed by atoms with E-state index in [1.807, 2.05) is 12.3 Å². The molecule has 0 saturated carbocycles. The highest BCUT2D eigenvalue weighted by Gasteiger charge is 2.32. The number of nitrogens with two attached hydrogens (primary N) is 1. The summed E-state index contributed by atoms with van der Waals surface area (Å²) in [4.78, 5) is 64.1. The first kappa shape index (κ1) is 34.1. The number of rotatable bonds is 16. The zero-order chi connectivity index (χ0) is 31.2. The molecule has 4 amide bonds. The maximum absolute atomic E-state index is 13.4. The third kappa shape index (κ3) is 11.1. The summed E-state index contributed by atoms with van der Waals surface area (Å²) in [5, 5.41) is 26.6. The maximum Gasteiger partial charge on any atom is 0.326 e. The first-order chi connectivity index (χ1) is 19.9. The number of carbonyl (C=O) groups excluding carboxylic acids is 4. The van der Waals surface area contributed by atoms with Crippen LogP contribution in [-0.4, -0.2) is 94.5 Å². The van der Waals surface area contributed by atoms with Crippen LogP contribution in [0.15, 0.2) is 54.6 Å². The molecule has 7 N–H and O–H groups in total. The van der Waals surface area contributed by atoms with Gasteiger partial charge in [0.25, 0.3) is 0 Å². The molecule has 0 aliphatic carbocycles. The van der Waals surface area contributed by atoms with Crippen molar-refractivity contribution < 1.29 is 34.2 Å². The molecule has 4 atom stereocenters. The monoisotopic (exact) mass is 601 g/mol. The van der Waals surface area contributed by atoms with Gasteiger partial charge in [-0.1, -0.05) is 42.5 Å². The highest BCUT2D eigenvalue weighted by Crippen LogP contribution is 2.13. The Morgan fingerprint density at radius 2 is 1.55 bits per heavy atom. The van der Waals surface area contributed by atoms with Crippen LogP contribution in [0.2, 0.25) is 0 Å². The van der Waals surface area contributed by atoms with E-state index in [-0.39, 0.29) is 25.0 Å². The van der Waals surface area contributed by atoms with Gasteiger partial charge in [-0.15, -0.1) is 0 Å². The largest absolute Gasteiger partial charge is 0.508 e. The molecule has 13 heteroatoms. The Balaban J connectivity index is 1.98. The zero-order valence-corrected chi connectivity index (χ0v) is 24.7. The van der Waals surface area contributed by atoms with Crippen LogP contribution in [0.25, 0.3) is 0 Å². The number of hydrogen-bond donors (Lipinski definition) is 6. The van der Waals surface area contributed by atoms with E-state index in [2.05, 4.69) is 16.0 Å². The molecule has 0 heterocycles. The number of carbonyl (C=O) groups is 5. The van der Waals surface area contributed by atoms with Gasteiger partial charge in [0.15, 0.2) is 0 Å². The van der Waals surface area contributed by atoms with E-state index in [4.69, 9.17) is 5.73 Å². The first-order valence-electron chi connectivity index (χ1n) is 13.4. The lowest BCUT2D eigenvalue weighted by atomic mass is 10.0. The van der Waals surface area contributed by atoms with Crippen molar-refractivity contribution in [2.75, 3.05) is 25.6 Å². The Bertz CT molecular complexity index is 1210. The molecular formula is C29H39N5O7S. The van der Waals surface area contributed by atoms with Gasteiger partial charge in [-0.05, 0) is 55.0 Å². The standard InChI is InChI=1S/C29H39N5O7S/c1-18(32-27(38)22(30)15-20-9-11-21(35)12-10-20)26(37)31-17-25(36)33-23(16-19-7-5-4-6-8-19)28(39)34(2)24(29(40)41)13-14-42-3/h4-12,18,22-24,35H,13-17,30H2,1-3H3,(H,31,37)(H,32,38)(H,33,36)(H,40,41)/t18-,22+,23+,24+/m1/s1. The van der Waals surface area contributed by atoms with E-state index in [0.29, 0.717) is 5.75 Å². The van der Waals surface area contributed by atoms with E-state index < -0.39 is 60.3 Å². The second-order valence-electron chi connectivity index (χ2n) is 9.82. The zero-order valence-electron chi connectivity index (χ0n) is 23.9. The van der Waals surface area contributed by atoms with Crippen LogP contribution in [0.5, 0.6) is 5.75 Å². The minimum atomic E-state index is -1.14. The smallest absolute Gasteiger partial charge is 0.326 e. The van der Waals surface area contributed by atoms with E-state index in [9.17, 15) is 34.2 Å². The number of likely N-dealkylation sites (N-methyl/N-ethyl adjacent to an activating group) is 1. The third-order valence-corrected chi connectivity index (χ3v) is 7.16. The Morgan fingerprint density at radius 3 is 2.14 bits per heavy atom. The van der Waals surface area contributed by atoms with Crippen LogP contribution in [0, 0.1) is 0 Å². The molecule has 0 fully saturated rings. The van der Waals surface area contributed by atoms with Crippen LogP contribution in [0.4, 0.5) is 0 Å². The fourth-order valence-corrected chi connectivity index (χ4v) is 4.55. The van der Waals surface area contributed by atoms with Crippen molar-refractivity contribution >= 4 is 41.4 Å². The number of phenolic OH excluding ortho intramolecular Hbond substituents is 1. The van der Waals surface area contributed by atoms with Gasteiger partial charge in [-0.2, -0.15) is 11.8 Å². The predicted molar refractivity (Wildman–Crippen MR) is 160 cm³/mol. The molecule has 42 heavy (non-hydrogen) atoms. The van der Waals surface area contributed by atoms with Gasteiger partial charge in [-0.25, -0.2) is 4.79 Å². The molecular weight excluding hydrogens is 562 g/mol. The second-order valence-corrected chi connectivity index (χ2v) is 10.8. The number of carboxylic acids is 1. The maximum atomic E-state index is 13.4. The molecule has 0 spiro atoms. The average Bonchev–Trinajstić information content (AvgIpc) is 2.96. The number of thioether (sulfide) groups is 1. The number of carboxylic acid groups (broad SMARTS) is 1. The van der Waals surface area contributed by atoms with Crippen LogP contribution < -0.4 is 21.7 Å². The molecule has 12 nitrogen and oxygen atoms in total. The minimum Gasteiger partial charge on any atom is -0.508 e. The first-order valence-corrected chi connectivity index (χ1v) is 14.8. The van der Waals surface area contributed by atoms with E-state index >= 15 is 0 Å². The fourth-order valence-electron chi connectivity index (χ4n) is 4.09. The van der Waals surface area contributed by atoms with Gasteiger partial charge >= 0.3 is 5.97 Å². The highest BCUT2D eigenvalue weighted by atomic mass is 32.2. The van der Waals surface area contributed by atoms with Gasteiger partial charge in [0.1, 0.15) is 23.9 Å². The lowest BCUT2D eigenvalue weighted by molar-refractivity contribution is -0.150. The molecule has 0 unspecified atom stereocenters. The highest BCUT2D eigenvalue weighted by molar-refractivity contribution is 7.98. The van der Waals surface area contributed by atoms with Gasteiger partial charge in [0.05, 0.1) is 12.6 Å². The Hall–Kier alpha value is -4.10. The summed E-state index contributed by atoms with van der Waals surface area (Å²) >= 11 is 1.46. The number of nitrogens with one attached hydrogen (secondary N) is 3. The van der Waals surface area contributed by atoms with Crippen molar-refractivity contribution in [1.29, 1.82) is 0 Å². The van der Waals surface area contributed by atoms with Crippen molar-refractivity contribution in [3.63, 3.8) is 0 Å². The molecule has 2 aromatic carbocycles. The second kappa shape index (κ2) is 17.0. The molecule has 2 aromatic rings. The Morgan fingerprint density at radius 1 is 0.929 bits per heavy atom. The average molecular weight is 602 g/mol. The van der Waals surface area contributed by atoms with Gasteiger partial charge in [-0.3, -0.25) is 19.2 Å². The summed E-state index contributed by atoms with van der Waals surface area (Å²) in [5.41, 5.74) is 7.44. The summed E-state index contributed by atoms with van der Waals surface area (Å²) < 4.78 is 0.